The van der Waals surface area contributed by atoms with Gasteiger partial charge in [-0.1, -0.05) is 59.2 Å². The molecule has 5 rings (SSSR count). The standard InChI is InChI=1S/C25H18ClN5O4/c26-16-9-10-18(17(13-16)23-30-25(34)35-31-23)29-24(33)20-12-15-7-4-8-19(22(15)28-20)27-21(32)11-14-5-2-1-3-6-14/h1-10,12-13,28H,11H2,(H,27,32)(H,29,33)(H,30,31,34). The van der Waals surface area contributed by atoms with E-state index in [-0.39, 0.29) is 23.8 Å². The normalized spacial score (nSPS) is 10.9. The molecule has 0 aliphatic heterocycles. The van der Waals surface area contributed by atoms with Gasteiger partial charge in [-0.25, -0.2) is 4.79 Å². The molecule has 0 fully saturated rings. The first-order valence-corrected chi connectivity index (χ1v) is 11.0. The van der Waals surface area contributed by atoms with Gasteiger partial charge in [-0.2, -0.15) is 0 Å². The Bertz CT molecular complexity index is 1600. The summed E-state index contributed by atoms with van der Waals surface area (Å²) in [6, 6.07) is 21.3. The zero-order chi connectivity index (χ0) is 24.4. The highest BCUT2D eigenvalue weighted by molar-refractivity contribution is 6.31. The fourth-order valence-corrected chi connectivity index (χ4v) is 3.89. The maximum Gasteiger partial charge on any atom is 0.439 e. The average Bonchev–Trinajstić information content (AvgIpc) is 3.48. The molecule has 0 bridgehead atoms. The van der Waals surface area contributed by atoms with Crippen LogP contribution in [-0.4, -0.2) is 26.9 Å². The van der Waals surface area contributed by atoms with Crippen molar-refractivity contribution in [3.63, 3.8) is 0 Å². The number of amides is 2. The minimum absolute atomic E-state index is 0.132. The molecule has 0 spiro atoms. The molecule has 0 aliphatic carbocycles. The predicted octanol–water partition coefficient (Wildman–Crippen LogP) is 4.60. The average molecular weight is 488 g/mol. The fraction of sp³-hybridized carbons (Fsp3) is 0.0400. The number of aromatic amines is 2. The molecule has 2 aromatic heterocycles. The first-order valence-electron chi connectivity index (χ1n) is 10.6. The number of hydrogen-bond acceptors (Lipinski definition) is 5. The Hall–Kier alpha value is -4.63. The van der Waals surface area contributed by atoms with Crippen LogP contribution in [0.3, 0.4) is 0 Å². The topological polar surface area (TPSA) is 133 Å². The molecular formula is C25H18ClN5O4. The summed E-state index contributed by atoms with van der Waals surface area (Å²) in [5, 5.41) is 10.5. The highest BCUT2D eigenvalue weighted by atomic mass is 35.5. The van der Waals surface area contributed by atoms with Crippen LogP contribution in [0, 0.1) is 0 Å². The Labute approximate surface area is 203 Å². The molecule has 3 aromatic carbocycles. The number of H-pyrrole nitrogens is 2. The van der Waals surface area contributed by atoms with E-state index in [9.17, 15) is 14.4 Å². The molecule has 0 atom stereocenters. The number of carbonyl (C=O) groups excluding carboxylic acids is 2. The SMILES string of the molecule is O=C(Cc1ccccc1)Nc1cccc2cc(C(=O)Nc3ccc(Cl)cc3-c3noc(=O)[nH]3)[nH]c12. The lowest BCUT2D eigenvalue weighted by atomic mass is 10.1. The molecule has 10 heteroatoms. The van der Waals surface area contributed by atoms with Crippen LogP contribution in [0.4, 0.5) is 11.4 Å². The van der Waals surface area contributed by atoms with E-state index in [0.717, 1.165) is 10.9 Å². The summed E-state index contributed by atoms with van der Waals surface area (Å²) in [5.41, 5.74) is 3.13. The molecule has 174 valence electrons. The van der Waals surface area contributed by atoms with E-state index >= 15 is 0 Å². The molecule has 2 amide bonds. The number of rotatable bonds is 6. The Kier molecular flexibility index (Phi) is 5.90. The smallest absolute Gasteiger partial charge is 0.349 e. The van der Waals surface area contributed by atoms with Gasteiger partial charge in [0.05, 0.1) is 23.3 Å². The van der Waals surface area contributed by atoms with Gasteiger partial charge in [-0.05, 0) is 35.9 Å². The van der Waals surface area contributed by atoms with E-state index in [0.29, 0.717) is 27.5 Å². The van der Waals surface area contributed by atoms with Crippen LogP contribution in [0.5, 0.6) is 0 Å². The van der Waals surface area contributed by atoms with Crippen molar-refractivity contribution < 1.29 is 14.1 Å². The van der Waals surface area contributed by atoms with E-state index in [1.807, 2.05) is 36.4 Å². The second kappa shape index (κ2) is 9.32. The summed E-state index contributed by atoms with van der Waals surface area (Å²) < 4.78 is 4.57. The minimum Gasteiger partial charge on any atom is -0.349 e. The number of aromatic nitrogens is 3. The van der Waals surface area contributed by atoms with Crippen molar-refractivity contribution in [2.24, 2.45) is 0 Å². The van der Waals surface area contributed by atoms with Crippen LogP contribution in [0.15, 0.2) is 82.1 Å². The molecule has 5 aromatic rings. The number of halogens is 1. The zero-order valence-electron chi connectivity index (χ0n) is 18.1. The van der Waals surface area contributed by atoms with Crippen molar-refractivity contribution in [1.29, 1.82) is 0 Å². The van der Waals surface area contributed by atoms with E-state index in [1.54, 1.807) is 36.4 Å². The Morgan fingerprint density at radius 3 is 2.51 bits per heavy atom. The quantitative estimate of drug-likeness (QED) is 0.278. The molecule has 0 radical (unpaired) electrons. The van der Waals surface area contributed by atoms with Gasteiger partial charge in [-0.3, -0.25) is 19.1 Å². The van der Waals surface area contributed by atoms with Crippen LogP contribution in [-0.2, 0) is 11.2 Å². The van der Waals surface area contributed by atoms with Crippen LogP contribution in [0.25, 0.3) is 22.3 Å². The van der Waals surface area contributed by atoms with Crippen molar-refractivity contribution in [2.75, 3.05) is 10.6 Å². The third-order valence-electron chi connectivity index (χ3n) is 5.31. The van der Waals surface area contributed by atoms with Crippen LogP contribution < -0.4 is 16.4 Å². The van der Waals surface area contributed by atoms with E-state index in [4.69, 9.17) is 11.6 Å². The second-order valence-electron chi connectivity index (χ2n) is 7.75. The van der Waals surface area contributed by atoms with Gasteiger partial charge in [0.1, 0.15) is 5.69 Å². The lowest BCUT2D eigenvalue weighted by molar-refractivity contribution is -0.115. The summed E-state index contributed by atoms with van der Waals surface area (Å²) >= 11 is 6.09. The number of anilines is 2. The summed E-state index contributed by atoms with van der Waals surface area (Å²) in [7, 11) is 0. The van der Waals surface area contributed by atoms with E-state index in [2.05, 4.69) is 30.3 Å². The lowest BCUT2D eigenvalue weighted by Gasteiger charge is -2.09. The molecule has 0 aliphatic rings. The van der Waals surface area contributed by atoms with Crippen LogP contribution >= 0.6 is 11.6 Å². The summed E-state index contributed by atoms with van der Waals surface area (Å²) in [6.07, 6.45) is 0.231. The van der Waals surface area contributed by atoms with Gasteiger partial charge >= 0.3 is 5.76 Å². The van der Waals surface area contributed by atoms with E-state index in [1.165, 1.54) is 0 Å². The largest absolute Gasteiger partial charge is 0.439 e. The van der Waals surface area contributed by atoms with Gasteiger partial charge < -0.3 is 15.6 Å². The van der Waals surface area contributed by atoms with Gasteiger partial charge in [-0.15, -0.1) is 0 Å². The number of fused-ring (bicyclic) bond motifs is 1. The lowest BCUT2D eigenvalue weighted by Crippen LogP contribution is -2.15. The van der Waals surface area contributed by atoms with Crippen molar-refractivity contribution in [2.45, 2.75) is 6.42 Å². The molecule has 0 saturated carbocycles. The third-order valence-corrected chi connectivity index (χ3v) is 5.54. The number of para-hydroxylation sites is 1. The van der Waals surface area contributed by atoms with Crippen LogP contribution in [0.2, 0.25) is 5.02 Å². The number of hydrogen-bond donors (Lipinski definition) is 4. The van der Waals surface area contributed by atoms with Gasteiger partial charge in [0.15, 0.2) is 5.82 Å². The zero-order valence-corrected chi connectivity index (χ0v) is 18.8. The first kappa shape index (κ1) is 22.2. The highest BCUT2D eigenvalue weighted by Gasteiger charge is 2.17. The number of carbonyl (C=O) groups is 2. The minimum atomic E-state index is -0.727. The monoisotopic (exact) mass is 487 g/mol. The highest BCUT2D eigenvalue weighted by Crippen LogP contribution is 2.29. The predicted molar refractivity (Wildman–Crippen MR) is 133 cm³/mol. The summed E-state index contributed by atoms with van der Waals surface area (Å²) in [6.45, 7) is 0. The molecule has 9 nitrogen and oxygen atoms in total. The summed E-state index contributed by atoms with van der Waals surface area (Å²) in [4.78, 5) is 42.5. The number of nitrogens with zero attached hydrogens (tertiary/aromatic N) is 1. The molecule has 2 heterocycles. The van der Waals surface area contributed by atoms with Crippen molar-refractivity contribution in [3.05, 3.63) is 99.6 Å². The Balaban J connectivity index is 1.39. The van der Waals surface area contributed by atoms with Crippen LogP contribution in [0.1, 0.15) is 16.1 Å². The first-order chi connectivity index (χ1) is 17.0. The van der Waals surface area contributed by atoms with Crippen molar-refractivity contribution in [1.82, 2.24) is 15.1 Å². The molecule has 0 saturated heterocycles. The fourth-order valence-electron chi connectivity index (χ4n) is 3.72. The molecule has 35 heavy (non-hydrogen) atoms. The van der Waals surface area contributed by atoms with Gasteiger partial charge in [0.2, 0.25) is 5.91 Å². The number of nitrogens with one attached hydrogen (secondary N) is 4. The van der Waals surface area contributed by atoms with Crippen molar-refractivity contribution >= 4 is 45.7 Å². The van der Waals surface area contributed by atoms with Crippen molar-refractivity contribution in [3.8, 4) is 11.4 Å². The Morgan fingerprint density at radius 2 is 1.74 bits per heavy atom. The Morgan fingerprint density at radius 1 is 0.914 bits per heavy atom. The second-order valence-corrected chi connectivity index (χ2v) is 8.19. The molecule has 4 N–H and O–H groups in total. The third kappa shape index (κ3) is 4.85. The maximum atomic E-state index is 13.1. The molecular weight excluding hydrogens is 470 g/mol. The van der Waals surface area contributed by atoms with Gasteiger partial charge in [0.25, 0.3) is 5.91 Å². The maximum absolute atomic E-state index is 13.1. The number of benzene rings is 3. The molecule has 0 unspecified atom stereocenters. The summed E-state index contributed by atoms with van der Waals surface area (Å²) in [5.74, 6) is -1.20. The van der Waals surface area contributed by atoms with Gasteiger partial charge in [0, 0.05) is 16.0 Å². The van der Waals surface area contributed by atoms with E-state index < -0.39 is 11.7 Å².